The molecule has 1 saturated carbocycles. The second-order valence-electron chi connectivity index (χ2n) is 7.52. The number of fused-ring (bicyclic) bond motifs is 1. The van der Waals surface area contributed by atoms with Gasteiger partial charge >= 0.3 is 0 Å². The summed E-state index contributed by atoms with van der Waals surface area (Å²) >= 11 is 1.55. The van der Waals surface area contributed by atoms with E-state index in [2.05, 4.69) is 18.7 Å². The average molecular weight is 456 g/mol. The standard InChI is InChI=1S/C22H33N3O3S.ClH/c1-5-24(6-2)12-13-25(21(26)16-10-8-7-9-11-16)22-23-17-14-18(27-3)19(28-4)15-20(17)29-22;/h14-16H,5-13H2,1-4H3;1H. The molecule has 0 atom stereocenters. The summed E-state index contributed by atoms with van der Waals surface area (Å²) in [5.74, 6) is 1.69. The summed E-state index contributed by atoms with van der Waals surface area (Å²) in [5, 5.41) is 0.776. The van der Waals surface area contributed by atoms with Crippen molar-refractivity contribution in [3.05, 3.63) is 12.1 Å². The van der Waals surface area contributed by atoms with E-state index in [9.17, 15) is 4.79 Å². The maximum Gasteiger partial charge on any atom is 0.231 e. The number of anilines is 1. The Kier molecular flexibility index (Phi) is 9.65. The Labute approximate surface area is 190 Å². The smallest absolute Gasteiger partial charge is 0.231 e. The van der Waals surface area contributed by atoms with Gasteiger partial charge in [0.15, 0.2) is 16.6 Å². The molecule has 0 bridgehead atoms. The van der Waals surface area contributed by atoms with Gasteiger partial charge in [-0.3, -0.25) is 9.69 Å². The topological polar surface area (TPSA) is 54.9 Å². The van der Waals surface area contributed by atoms with Gasteiger partial charge in [-0.15, -0.1) is 12.4 Å². The number of carbonyl (C=O) groups is 1. The fraction of sp³-hybridized carbons (Fsp3) is 0.636. The Hall–Kier alpha value is -1.57. The Balaban J connectivity index is 0.00000320. The highest BCUT2D eigenvalue weighted by Crippen LogP contribution is 2.38. The lowest BCUT2D eigenvalue weighted by atomic mass is 9.88. The zero-order chi connectivity index (χ0) is 20.8. The van der Waals surface area contributed by atoms with Gasteiger partial charge in [0.05, 0.1) is 24.4 Å². The van der Waals surface area contributed by atoms with Gasteiger partial charge in [-0.05, 0) is 25.9 Å². The van der Waals surface area contributed by atoms with Gasteiger partial charge in [-0.2, -0.15) is 0 Å². The molecule has 0 aliphatic heterocycles. The fourth-order valence-corrected chi connectivity index (χ4v) is 5.02. The number of amides is 1. The van der Waals surface area contributed by atoms with Crippen molar-refractivity contribution in [2.45, 2.75) is 46.0 Å². The number of thiazole rings is 1. The molecule has 0 unspecified atom stereocenters. The molecule has 1 aromatic carbocycles. The Morgan fingerprint density at radius 1 is 1.07 bits per heavy atom. The number of hydrogen-bond donors (Lipinski definition) is 0. The quantitative estimate of drug-likeness (QED) is 0.533. The van der Waals surface area contributed by atoms with Crippen LogP contribution in [-0.4, -0.2) is 56.2 Å². The van der Waals surface area contributed by atoms with Crippen LogP contribution in [0.2, 0.25) is 0 Å². The molecule has 1 aromatic heterocycles. The van der Waals surface area contributed by atoms with E-state index in [1.54, 1.807) is 25.6 Å². The van der Waals surface area contributed by atoms with Crippen molar-refractivity contribution < 1.29 is 14.3 Å². The van der Waals surface area contributed by atoms with Crippen molar-refractivity contribution in [1.82, 2.24) is 9.88 Å². The molecule has 6 nitrogen and oxygen atoms in total. The predicted octanol–water partition coefficient (Wildman–Crippen LogP) is 4.99. The van der Waals surface area contributed by atoms with Crippen molar-refractivity contribution in [2.24, 2.45) is 5.92 Å². The minimum Gasteiger partial charge on any atom is -0.493 e. The molecule has 0 N–H and O–H groups in total. The number of hydrogen-bond acceptors (Lipinski definition) is 6. The Morgan fingerprint density at radius 3 is 2.30 bits per heavy atom. The zero-order valence-corrected chi connectivity index (χ0v) is 20.1. The summed E-state index contributed by atoms with van der Waals surface area (Å²) in [4.78, 5) is 22.5. The fourth-order valence-electron chi connectivity index (χ4n) is 4.01. The van der Waals surface area contributed by atoms with Crippen LogP contribution in [-0.2, 0) is 4.79 Å². The van der Waals surface area contributed by atoms with Gasteiger partial charge in [-0.1, -0.05) is 44.4 Å². The van der Waals surface area contributed by atoms with Crippen LogP contribution in [0.25, 0.3) is 10.2 Å². The molecule has 8 heteroatoms. The number of rotatable bonds is 9. The summed E-state index contributed by atoms with van der Waals surface area (Å²) in [5.41, 5.74) is 0.840. The summed E-state index contributed by atoms with van der Waals surface area (Å²) in [6.07, 6.45) is 5.52. The molecular weight excluding hydrogens is 422 g/mol. The monoisotopic (exact) mass is 455 g/mol. The number of aromatic nitrogens is 1. The maximum atomic E-state index is 13.4. The van der Waals surface area contributed by atoms with E-state index in [0.717, 1.165) is 60.7 Å². The summed E-state index contributed by atoms with van der Waals surface area (Å²) < 4.78 is 11.9. The van der Waals surface area contributed by atoms with Crippen molar-refractivity contribution in [1.29, 1.82) is 0 Å². The first kappa shape index (κ1) is 24.7. The van der Waals surface area contributed by atoms with Gasteiger partial charge < -0.3 is 14.4 Å². The molecule has 1 aliphatic carbocycles. The molecular formula is C22H34ClN3O3S. The van der Waals surface area contributed by atoms with Crippen LogP contribution in [0.5, 0.6) is 11.5 Å². The van der Waals surface area contributed by atoms with E-state index < -0.39 is 0 Å². The first-order valence-corrected chi connectivity index (χ1v) is 11.5. The number of ether oxygens (including phenoxy) is 2. The minimum atomic E-state index is 0. The molecule has 0 saturated heterocycles. The number of nitrogens with zero attached hydrogens (tertiary/aromatic N) is 3. The first-order valence-electron chi connectivity index (χ1n) is 10.7. The predicted molar refractivity (Wildman–Crippen MR) is 127 cm³/mol. The first-order chi connectivity index (χ1) is 14.1. The van der Waals surface area contributed by atoms with Crippen molar-refractivity contribution in [3.8, 4) is 11.5 Å². The summed E-state index contributed by atoms with van der Waals surface area (Å²) in [6.45, 7) is 7.81. The molecule has 0 radical (unpaired) electrons. The third-order valence-corrected chi connectivity index (χ3v) is 6.91. The number of likely N-dealkylation sites (N-methyl/N-ethyl adjacent to an activating group) is 1. The normalized spacial score (nSPS) is 14.6. The molecule has 2 aromatic rings. The van der Waals surface area contributed by atoms with Crippen LogP contribution in [0, 0.1) is 5.92 Å². The van der Waals surface area contributed by atoms with Crippen molar-refractivity contribution in [2.75, 3.05) is 45.3 Å². The lowest BCUT2D eigenvalue weighted by Gasteiger charge is -2.29. The largest absolute Gasteiger partial charge is 0.493 e. The molecule has 1 amide bonds. The van der Waals surface area contributed by atoms with Crippen molar-refractivity contribution >= 4 is 45.0 Å². The highest BCUT2D eigenvalue weighted by molar-refractivity contribution is 7.22. The highest BCUT2D eigenvalue weighted by atomic mass is 35.5. The van der Waals surface area contributed by atoms with Crippen LogP contribution in [0.1, 0.15) is 46.0 Å². The van der Waals surface area contributed by atoms with Gasteiger partial charge in [0.2, 0.25) is 5.91 Å². The highest BCUT2D eigenvalue weighted by Gasteiger charge is 2.29. The summed E-state index contributed by atoms with van der Waals surface area (Å²) in [7, 11) is 3.26. The molecule has 1 heterocycles. The lowest BCUT2D eigenvalue weighted by molar-refractivity contribution is -0.123. The Morgan fingerprint density at radius 2 is 1.70 bits per heavy atom. The second kappa shape index (κ2) is 11.7. The molecule has 3 rings (SSSR count). The van der Waals surface area contributed by atoms with Gasteiger partial charge in [0, 0.05) is 31.1 Å². The SMILES string of the molecule is CCN(CC)CCN(C(=O)C1CCCCC1)c1nc2cc(OC)c(OC)cc2s1.Cl. The van der Waals surface area contributed by atoms with E-state index in [4.69, 9.17) is 14.5 Å². The van der Waals surface area contributed by atoms with E-state index in [1.165, 1.54) is 6.42 Å². The average Bonchev–Trinajstić information content (AvgIpc) is 3.18. The van der Waals surface area contributed by atoms with Crippen LogP contribution < -0.4 is 14.4 Å². The molecule has 0 spiro atoms. The van der Waals surface area contributed by atoms with E-state index in [1.807, 2.05) is 17.0 Å². The molecule has 1 aliphatic rings. The van der Waals surface area contributed by atoms with Gasteiger partial charge in [0.1, 0.15) is 0 Å². The number of halogens is 1. The molecule has 1 fully saturated rings. The molecule has 168 valence electrons. The van der Waals surface area contributed by atoms with E-state index in [0.29, 0.717) is 18.0 Å². The van der Waals surface area contributed by atoms with E-state index >= 15 is 0 Å². The maximum absolute atomic E-state index is 13.4. The number of methoxy groups -OCH3 is 2. The molecule has 30 heavy (non-hydrogen) atoms. The third-order valence-electron chi connectivity index (χ3n) is 5.87. The van der Waals surface area contributed by atoms with Crippen molar-refractivity contribution in [3.63, 3.8) is 0 Å². The van der Waals surface area contributed by atoms with Crippen LogP contribution in [0.4, 0.5) is 5.13 Å². The number of benzene rings is 1. The second-order valence-corrected chi connectivity index (χ2v) is 8.53. The number of carbonyl (C=O) groups excluding carboxylic acids is 1. The third kappa shape index (κ3) is 5.56. The van der Waals surface area contributed by atoms with Crippen LogP contribution >= 0.6 is 23.7 Å². The zero-order valence-electron chi connectivity index (χ0n) is 18.5. The van der Waals surface area contributed by atoms with Crippen LogP contribution in [0.3, 0.4) is 0 Å². The van der Waals surface area contributed by atoms with E-state index in [-0.39, 0.29) is 24.2 Å². The lowest BCUT2D eigenvalue weighted by Crippen LogP contribution is -2.42. The van der Waals surface area contributed by atoms with Crippen LogP contribution in [0.15, 0.2) is 12.1 Å². The van der Waals surface area contributed by atoms with Gasteiger partial charge in [-0.25, -0.2) is 4.98 Å². The minimum absolute atomic E-state index is 0. The van der Waals surface area contributed by atoms with Gasteiger partial charge in [0.25, 0.3) is 0 Å². The summed E-state index contributed by atoms with van der Waals surface area (Å²) in [6, 6.07) is 3.84. The Bertz CT molecular complexity index is 778.